The minimum atomic E-state index is -4.46. The summed E-state index contributed by atoms with van der Waals surface area (Å²) in [7, 11) is 0. The zero-order valence-corrected chi connectivity index (χ0v) is 10.5. The molecule has 0 radical (unpaired) electrons. The highest BCUT2D eigenvalue weighted by Crippen LogP contribution is 2.41. The summed E-state index contributed by atoms with van der Waals surface area (Å²) in [6.07, 6.45) is 2.25. The molecule has 0 aromatic carbocycles. The highest BCUT2D eigenvalue weighted by molar-refractivity contribution is 8.00. The van der Waals surface area contributed by atoms with E-state index in [1.807, 2.05) is 6.92 Å². The number of nitriles is 1. The van der Waals surface area contributed by atoms with E-state index >= 15 is 0 Å². The number of H-pyrrole nitrogens is 1. The third kappa shape index (κ3) is 3.92. The van der Waals surface area contributed by atoms with Crippen molar-refractivity contribution in [3.8, 4) is 6.07 Å². The van der Waals surface area contributed by atoms with Crippen LogP contribution in [0.25, 0.3) is 0 Å². The van der Waals surface area contributed by atoms with Gasteiger partial charge in [0.2, 0.25) is 0 Å². The van der Waals surface area contributed by atoms with Crippen LogP contribution in [0.3, 0.4) is 0 Å². The third-order valence-corrected chi connectivity index (χ3v) is 3.16. The standard InChI is InChI=1S/C10H13F3N4S/c1-2-3-4-6(15)8-9(18-10(11,12)13)7(5-14)16-17-8/h6H,2-4,15H2,1H3,(H,16,17). The molecule has 1 heterocycles. The number of nitrogens with two attached hydrogens (primary N) is 1. The van der Waals surface area contributed by atoms with E-state index in [4.69, 9.17) is 11.0 Å². The van der Waals surface area contributed by atoms with Crippen LogP contribution in [0.15, 0.2) is 4.90 Å². The number of thioether (sulfide) groups is 1. The molecule has 0 amide bonds. The summed E-state index contributed by atoms with van der Waals surface area (Å²) in [5, 5.41) is 14.7. The number of halogens is 3. The quantitative estimate of drug-likeness (QED) is 0.811. The molecular weight excluding hydrogens is 265 g/mol. The highest BCUT2D eigenvalue weighted by atomic mass is 32.2. The lowest BCUT2D eigenvalue weighted by molar-refractivity contribution is -0.0328. The van der Waals surface area contributed by atoms with Crippen LogP contribution in [0.2, 0.25) is 0 Å². The van der Waals surface area contributed by atoms with Gasteiger partial charge in [-0.3, -0.25) is 5.10 Å². The Hall–Kier alpha value is -1.20. The highest BCUT2D eigenvalue weighted by Gasteiger charge is 2.34. The van der Waals surface area contributed by atoms with Gasteiger partial charge >= 0.3 is 5.51 Å². The van der Waals surface area contributed by atoms with Crippen molar-refractivity contribution in [2.45, 2.75) is 42.6 Å². The molecule has 0 saturated heterocycles. The van der Waals surface area contributed by atoms with E-state index in [0.29, 0.717) is 6.42 Å². The fraction of sp³-hybridized carbons (Fsp3) is 0.600. The summed E-state index contributed by atoms with van der Waals surface area (Å²) in [5.74, 6) is 0. The van der Waals surface area contributed by atoms with E-state index in [9.17, 15) is 13.2 Å². The molecule has 1 unspecified atom stereocenters. The number of nitrogens with zero attached hydrogens (tertiary/aromatic N) is 2. The summed E-state index contributed by atoms with van der Waals surface area (Å²) >= 11 is -0.349. The molecule has 0 aliphatic rings. The molecule has 0 aliphatic carbocycles. The Labute approximate surface area is 107 Å². The van der Waals surface area contributed by atoms with Crippen LogP contribution in [0.5, 0.6) is 0 Å². The fourth-order valence-electron chi connectivity index (χ4n) is 1.46. The molecule has 0 bridgehead atoms. The number of aromatic amines is 1. The molecule has 0 aliphatic heterocycles. The molecule has 4 nitrogen and oxygen atoms in total. The molecule has 0 saturated carbocycles. The second-order valence-electron chi connectivity index (χ2n) is 3.72. The van der Waals surface area contributed by atoms with Crippen molar-refractivity contribution in [1.29, 1.82) is 5.26 Å². The maximum absolute atomic E-state index is 12.4. The monoisotopic (exact) mass is 278 g/mol. The van der Waals surface area contributed by atoms with Crippen molar-refractivity contribution >= 4 is 11.8 Å². The van der Waals surface area contributed by atoms with Gasteiger partial charge in [-0.1, -0.05) is 19.8 Å². The number of aromatic nitrogens is 2. The van der Waals surface area contributed by atoms with Gasteiger partial charge in [0.15, 0.2) is 5.69 Å². The van der Waals surface area contributed by atoms with Crippen molar-refractivity contribution in [3.05, 3.63) is 11.4 Å². The number of hydrogen-bond acceptors (Lipinski definition) is 4. The van der Waals surface area contributed by atoms with Gasteiger partial charge in [0.25, 0.3) is 0 Å². The van der Waals surface area contributed by atoms with Gasteiger partial charge in [0.05, 0.1) is 10.6 Å². The average Bonchev–Trinajstić information content (AvgIpc) is 2.66. The van der Waals surface area contributed by atoms with Gasteiger partial charge in [-0.25, -0.2) is 0 Å². The van der Waals surface area contributed by atoms with E-state index in [-0.39, 0.29) is 28.0 Å². The molecular formula is C10H13F3N4S. The fourth-order valence-corrected chi connectivity index (χ4v) is 2.19. The molecule has 3 N–H and O–H groups in total. The normalized spacial score (nSPS) is 13.3. The number of nitrogens with one attached hydrogen (secondary N) is 1. The molecule has 1 aromatic rings. The minimum Gasteiger partial charge on any atom is -0.323 e. The van der Waals surface area contributed by atoms with Crippen LogP contribution < -0.4 is 5.73 Å². The number of unbranched alkanes of at least 4 members (excludes halogenated alkanes) is 1. The van der Waals surface area contributed by atoms with Crippen LogP contribution in [0, 0.1) is 11.3 Å². The van der Waals surface area contributed by atoms with Crippen molar-refractivity contribution in [3.63, 3.8) is 0 Å². The maximum Gasteiger partial charge on any atom is 0.446 e. The van der Waals surface area contributed by atoms with Crippen LogP contribution in [-0.2, 0) is 0 Å². The van der Waals surface area contributed by atoms with E-state index in [1.165, 1.54) is 0 Å². The average molecular weight is 278 g/mol. The Morgan fingerprint density at radius 3 is 2.72 bits per heavy atom. The number of rotatable bonds is 5. The molecule has 0 spiro atoms. The molecule has 8 heteroatoms. The first-order valence-electron chi connectivity index (χ1n) is 5.38. The Morgan fingerprint density at radius 1 is 1.56 bits per heavy atom. The first-order valence-corrected chi connectivity index (χ1v) is 6.20. The Bertz CT molecular complexity index is 435. The van der Waals surface area contributed by atoms with E-state index in [1.54, 1.807) is 6.07 Å². The largest absolute Gasteiger partial charge is 0.446 e. The Morgan fingerprint density at radius 2 is 2.22 bits per heavy atom. The summed E-state index contributed by atoms with van der Waals surface area (Å²) in [5.41, 5.74) is 1.26. The summed E-state index contributed by atoms with van der Waals surface area (Å²) in [6.45, 7) is 1.96. The van der Waals surface area contributed by atoms with Gasteiger partial charge in [-0.15, -0.1) is 0 Å². The smallest absolute Gasteiger partial charge is 0.323 e. The lowest BCUT2D eigenvalue weighted by Gasteiger charge is -2.12. The van der Waals surface area contributed by atoms with Gasteiger partial charge in [-0.05, 0) is 18.2 Å². The lowest BCUT2D eigenvalue weighted by atomic mass is 10.1. The molecule has 1 aromatic heterocycles. The van der Waals surface area contributed by atoms with Gasteiger partial charge in [0.1, 0.15) is 6.07 Å². The zero-order chi connectivity index (χ0) is 13.8. The van der Waals surface area contributed by atoms with Gasteiger partial charge in [-0.2, -0.15) is 23.5 Å². The maximum atomic E-state index is 12.4. The van der Waals surface area contributed by atoms with Gasteiger partial charge < -0.3 is 5.73 Å². The topological polar surface area (TPSA) is 78.5 Å². The number of hydrogen-bond donors (Lipinski definition) is 2. The van der Waals surface area contributed by atoms with Crippen molar-refractivity contribution in [1.82, 2.24) is 10.2 Å². The molecule has 1 atom stereocenters. The first kappa shape index (κ1) is 14.9. The predicted octanol–water partition coefficient (Wildman–Crippen LogP) is 3.08. The lowest BCUT2D eigenvalue weighted by Crippen LogP contribution is -2.12. The van der Waals surface area contributed by atoms with E-state index in [2.05, 4.69) is 10.2 Å². The molecule has 100 valence electrons. The molecule has 18 heavy (non-hydrogen) atoms. The number of alkyl halides is 3. The van der Waals surface area contributed by atoms with Gasteiger partial charge in [0, 0.05) is 6.04 Å². The second kappa shape index (κ2) is 6.11. The van der Waals surface area contributed by atoms with E-state index < -0.39 is 11.6 Å². The Kier molecular flexibility index (Phi) is 5.04. The van der Waals surface area contributed by atoms with Crippen molar-refractivity contribution in [2.75, 3.05) is 0 Å². The van der Waals surface area contributed by atoms with E-state index in [0.717, 1.165) is 12.8 Å². The SMILES string of the molecule is CCCCC(N)c1[nH]nc(C#N)c1SC(F)(F)F. The molecule has 0 fully saturated rings. The summed E-state index contributed by atoms with van der Waals surface area (Å²) in [4.78, 5) is -0.214. The zero-order valence-electron chi connectivity index (χ0n) is 9.71. The Balaban J connectivity index is 2.98. The van der Waals surface area contributed by atoms with Crippen LogP contribution >= 0.6 is 11.8 Å². The molecule has 1 rings (SSSR count). The van der Waals surface area contributed by atoms with Crippen LogP contribution in [-0.4, -0.2) is 15.7 Å². The summed E-state index contributed by atoms with van der Waals surface area (Å²) in [6, 6.07) is 1.07. The first-order chi connectivity index (χ1) is 8.39. The predicted molar refractivity (Wildman–Crippen MR) is 61.7 cm³/mol. The van der Waals surface area contributed by atoms with Crippen LogP contribution in [0.1, 0.15) is 43.6 Å². The second-order valence-corrected chi connectivity index (χ2v) is 4.80. The third-order valence-electron chi connectivity index (χ3n) is 2.31. The van der Waals surface area contributed by atoms with Crippen LogP contribution in [0.4, 0.5) is 13.2 Å². The van der Waals surface area contributed by atoms with Crippen molar-refractivity contribution < 1.29 is 13.2 Å². The summed E-state index contributed by atoms with van der Waals surface area (Å²) < 4.78 is 37.2. The minimum absolute atomic E-state index is 0.183. The van der Waals surface area contributed by atoms with Crippen molar-refractivity contribution in [2.24, 2.45) is 5.73 Å².